The van der Waals surface area contributed by atoms with E-state index in [0.29, 0.717) is 5.75 Å². The first-order valence-corrected chi connectivity index (χ1v) is 10.3. The molecule has 27 heavy (non-hydrogen) atoms. The first-order valence-electron chi connectivity index (χ1n) is 9.34. The summed E-state index contributed by atoms with van der Waals surface area (Å²) in [6, 6.07) is 14.0. The van der Waals surface area contributed by atoms with E-state index in [4.69, 9.17) is 9.47 Å². The third kappa shape index (κ3) is 5.19. The molecule has 1 amide bonds. The maximum atomic E-state index is 12.5. The van der Waals surface area contributed by atoms with E-state index in [1.54, 1.807) is 18.9 Å². The molecule has 0 aliphatic carbocycles. The Labute approximate surface area is 165 Å². The van der Waals surface area contributed by atoms with Gasteiger partial charge in [0, 0.05) is 30.8 Å². The lowest BCUT2D eigenvalue weighted by Crippen LogP contribution is -2.42. The molecule has 1 fully saturated rings. The number of methoxy groups -OCH3 is 1. The Hall–Kier alpha value is -2.14. The molecule has 2 aromatic rings. The van der Waals surface area contributed by atoms with Gasteiger partial charge >= 0.3 is 0 Å². The summed E-state index contributed by atoms with van der Waals surface area (Å²) in [5.41, 5.74) is 2.34. The fourth-order valence-corrected chi connectivity index (χ4v) is 4.08. The van der Waals surface area contributed by atoms with Gasteiger partial charge in [-0.3, -0.25) is 4.79 Å². The number of amides is 1. The number of hydrogen-bond donors (Lipinski definition) is 0. The van der Waals surface area contributed by atoms with Gasteiger partial charge in [-0.1, -0.05) is 18.2 Å². The molecule has 0 spiro atoms. The van der Waals surface area contributed by atoms with E-state index < -0.39 is 0 Å². The molecule has 0 radical (unpaired) electrons. The van der Waals surface area contributed by atoms with Crippen LogP contribution in [-0.2, 0) is 4.79 Å². The molecule has 5 heteroatoms. The number of benzene rings is 2. The molecule has 4 nitrogen and oxygen atoms in total. The maximum Gasteiger partial charge on any atom is 0.232 e. The quantitative estimate of drug-likeness (QED) is 0.688. The largest absolute Gasteiger partial charge is 0.497 e. The normalized spacial score (nSPS) is 14.9. The molecule has 1 aliphatic rings. The molecule has 0 unspecified atom stereocenters. The SMILES string of the molecule is COc1ccc(SCC(=O)N2CCC(Oc3c(C)cccc3C)CC2)cc1. The van der Waals surface area contributed by atoms with Gasteiger partial charge in [-0.25, -0.2) is 0 Å². The van der Waals surface area contributed by atoms with Crippen molar-refractivity contribution < 1.29 is 14.3 Å². The van der Waals surface area contributed by atoms with Gasteiger partial charge in [0.1, 0.15) is 17.6 Å². The van der Waals surface area contributed by atoms with Gasteiger partial charge in [-0.15, -0.1) is 11.8 Å². The highest BCUT2D eigenvalue weighted by atomic mass is 32.2. The van der Waals surface area contributed by atoms with E-state index in [9.17, 15) is 4.79 Å². The summed E-state index contributed by atoms with van der Waals surface area (Å²) in [6.45, 7) is 5.68. The van der Waals surface area contributed by atoms with Crippen LogP contribution in [0.2, 0.25) is 0 Å². The van der Waals surface area contributed by atoms with Crippen LogP contribution in [0.4, 0.5) is 0 Å². The van der Waals surface area contributed by atoms with Gasteiger partial charge in [0.25, 0.3) is 0 Å². The summed E-state index contributed by atoms with van der Waals surface area (Å²) in [4.78, 5) is 15.5. The summed E-state index contributed by atoms with van der Waals surface area (Å²) in [5, 5.41) is 0. The number of carbonyl (C=O) groups is 1. The minimum Gasteiger partial charge on any atom is -0.497 e. The van der Waals surface area contributed by atoms with Crippen LogP contribution < -0.4 is 9.47 Å². The van der Waals surface area contributed by atoms with Crippen molar-refractivity contribution in [1.29, 1.82) is 0 Å². The van der Waals surface area contributed by atoms with Crippen LogP contribution in [0.5, 0.6) is 11.5 Å². The van der Waals surface area contributed by atoms with Crippen LogP contribution in [-0.4, -0.2) is 42.9 Å². The number of likely N-dealkylation sites (tertiary alicyclic amines) is 1. The summed E-state index contributed by atoms with van der Waals surface area (Å²) >= 11 is 1.57. The molecule has 0 aromatic heterocycles. The predicted molar refractivity (Wildman–Crippen MR) is 110 cm³/mol. The van der Waals surface area contributed by atoms with Gasteiger partial charge in [0.2, 0.25) is 5.91 Å². The summed E-state index contributed by atoms with van der Waals surface area (Å²) in [7, 11) is 1.65. The van der Waals surface area contributed by atoms with Crippen molar-refractivity contribution in [3.05, 3.63) is 53.6 Å². The van der Waals surface area contributed by atoms with Crippen molar-refractivity contribution in [2.45, 2.75) is 37.7 Å². The topological polar surface area (TPSA) is 38.8 Å². The second kappa shape index (κ2) is 9.18. The molecule has 2 aromatic carbocycles. The number of piperidine rings is 1. The zero-order valence-corrected chi connectivity index (χ0v) is 17.1. The second-order valence-corrected chi connectivity index (χ2v) is 7.93. The van der Waals surface area contributed by atoms with Crippen molar-refractivity contribution in [2.24, 2.45) is 0 Å². The van der Waals surface area contributed by atoms with E-state index in [1.807, 2.05) is 29.2 Å². The number of nitrogens with zero attached hydrogens (tertiary/aromatic N) is 1. The third-order valence-corrected chi connectivity index (χ3v) is 5.91. The summed E-state index contributed by atoms with van der Waals surface area (Å²) in [6.07, 6.45) is 1.95. The monoisotopic (exact) mass is 385 g/mol. The summed E-state index contributed by atoms with van der Waals surface area (Å²) < 4.78 is 11.4. The summed E-state index contributed by atoms with van der Waals surface area (Å²) in [5.74, 6) is 2.49. The highest BCUT2D eigenvalue weighted by Gasteiger charge is 2.24. The zero-order valence-electron chi connectivity index (χ0n) is 16.2. The molecule has 0 N–H and O–H groups in total. The van der Waals surface area contributed by atoms with Crippen molar-refractivity contribution >= 4 is 17.7 Å². The van der Waals surface area contributed by atoms with E-state index >= 15 is 0 Å². The van der Waals surface area contributed by atoms with Crippen LogP contribution in [0.25, 0.3) is 0 Å². The lowest BCUT2D eigenvalue weighted by molar-refractivity contribution is -0.130. The van der Waals surface area contributed by atoms with E-state index in [2.05, 4.69) is 32.0 Å². The first kappa shape index (κ1) is 19.6. The number of rotatable bonds is 6. The van der Waals surface area contributed by atoms with Gasteiger partial charge in [0.05, 0.1) is 12.9 Å². The molecule has 3 rings (SSSR count). The second-order valence-electron chi connectivity index (χ2n) is 6.88. The highest BCUT2D eigenvalue weighted by Crippen LogP contribution is 2.27. The van der Waals surface area contributed by atoms with Crippen molar-refractivity contribution in [2.75, 3.05) is 26.0 Å². The van der Waals surface area contributed by atoms with Crippen LogP contribution >= 0.6 is 11.8 Å². The van der Waals surface area contributed by atoms with Crippen molar-refractivity contribution in [3.63, 3.8) is 0 Å². The molecule has 1 heterocycles. The minimum atomic E-state index is 0.183. The number of ether oxygens (including phenoxy) is 2. The standard InChI is InChI=1S/C22H27NO3S/c1-16-5-4-6-17(2)22(16)26-19-11-13-23(14-12-19)21(24)15-27-20-9-7-18(25-3)8-10-20/h4-10,19H,11-15H2,1-3H3. The van der Waals surface area contributed by atoms with E-state index in [1.165, 1.54) is 11.1 Å². The van der Waals surface area contributed by atoms with Crippen molar-refractivity contribution in [1.82, 2.24) is 4.90 Å². The average Bonchev–Trinajstić information content (AvgIpc) is 2.70. The smallest absolute Gasteiger partial charge is 0.232 e. The van der Waals surface area contributed by atoms with Gasteiger partial charge < -0.3 is 14.4 Å². The van der Waals surface area contributed by atoms with Gasteiger partial charge in [-0.2, -0.15) is 0 Å². The molecule has 1 saturated heterocycles. The molecule has 0 atom stereocenters. The maximum absolute atomic E-state index is 12.5. The van der Waals surface area contributed by atoms with Crippen LogP contribution in [0.1, 0.15) is 24.0 Å². The number of thioether (sulfide) groups is 1. The Morgan fingerprint density at radius 2 is 1.70 bits per heavy atom. The average molecular weight is 386 g/mol. The lowest BCUT2D eigenvalue weighted by Gasteiger charge is -2.32. The predicted octanol–water partition coefficient (Wildman–Crippen LogP) is 4.47. The van der Waals surface area contributed by atoms with Crippen molar-refractivity contribution in [3.8, 4) is 11.5 Å². The van der Waals surface area contributed by atoms with Gasteiger partial charge in [0.15, 0.2) is 0 Å². The zero-order chi connectivity index (χ0) is 19.2. The molecular formula is C22H27NO3S. The highest BCUT2D eigenvalue weighted by molar-refractivity contribution is 8.00. The Balaban J connectivity index is 1.46. The molecular weight excluding hydrogens is 358 g/mol. The Morgan fingerprint density at radius 3 is 2.30 bits per heavy atom. The fraction of sp³-hybridized carbons (Fsp3) is 0.409. The Bertz CT molecular complexity index is 747. The Kier molecular flexibility index (Phi) is 6.67. The number of hydrogen-bond acceptors (Lipinski definition) is 4. The molecule has 1 aliphatic heterocycles. The van der Waals surface area contributed by atoms with Crippen LogP contribution in [0.15, 0.2) is 47.4 Å². The lowest BCUT2D eigenvalue weighted by atomic mass is 10.1. The third-order valence-electron chi connectivity index (χ3n) is 4.91. The molecule has 144 valence electrons. The van der Waals surface area contributed by atoms with E-state index in [0.717, 1.165) is 42.3 Å². The van der Waals surface area contributed by atoms with Crippen LogP contribution in [0.3, 0.4) is 0 Å². The molecule has 0 saturated carbocycles. The molecule has 0 bridgehead atoms. The number of carbonyl (C=O) groups excluding carboxylic acids is 1. The number of aryl methyl sites for hydroxylation is 2. The van der Waals surface area contributed by atoms with Crippen LogP contribution in [0, 0.1) is 13.8 Å². The van der Waals surface area contributed by atoms with Gasteiger partial charge in [-0.05, 0) is 49.2 Å². The fourth-order valence-electron chi connectivity index (χ4n) is 3.28. The minimum absolute atomic E-state index is 0.183. The first-order chi connectivity index (χ1) is 13.1. The number of para-hydroxylation sites is 1. The van der Waals surface area contributed by atoms with E-state index in [-0.39, 0.29) is 12.0 Å². The Morgan fingerprint density at radius 1 is 1.07 bits per heavy atom.